The molecule has 0 saturated heterocycles. The molecule has 138 valence electrons. The van der Waals surface area contributed by atoms with Gasteiger partial charge in [0.05, 0.1) is 5.69 Å². The van der Waals surface area contributed by atoms with Crippen LogP contribution in [0.1, 0.15) is 36.5 Å². The number of amides is 1. The highest BCUT2D eigenvalue weighted by atomic mass is 16.5. The molecule has 0 radical (unpaired) electrons. The molecule has 27 heavy (non-hydrogen) atoms. The molecule has 3 rings (SSSR count). The van der Waals surface area contributed by atoms with Gasteiger partial charge in [-0.1, -0.05) is 50.1 Å². The number of benzene rings is 2. The Bertz CT molecular complexity index is 881. The number of rotatable bonds is 8. The van der Waals surface area contributed by atoms with Crippen LogP contribution in [-0.4, -0.2) is 22.4 Å². The quantitative estimate of drug-likeness (QED) is 0.582. The monoisotopic (exact) mass is 361 g/mol. The topological polar surface area (TPSA) is 64.1 Å². The molecule has 0 bridgehead atoms. The Balaban J connectivity index is 1.73. The molecule has 0 aliphatic carbocycles. The summed E-state index contributed by atoms with van der Waals surface area (Å²) < 4.78 is 5.76. The van der Waals surface area contributed by atoms with Crippen molar-refractivity contribution < 1.29 is 9.53 Å². The largest absolute Gasteiger partial charge is 0.439 e. The van der Waals surface area contributed by atoms with E-state index in [1.165, 1.54) is 6.33 Å². The van der Waals surface area contributed by atoms with Gasteiger partial charge >= 0.3 is 0 Å². The zero-order valence-corrected chi connectivity index (χ0v) is 15.4. The van der Waals surface area contributed by atoms with Crippen LogP contribution >= 0.6 is 0 Å². The number of ether oxygens (including phenoxy) is 1. The fraction of sp³-hybridized carbons (Fsp3) is 0.227. The molecule has 0 aliphatic heterocycles. The zero-order chi connectivity index (χ0) is 18.9. The Morgan fingerprint density at radius 2 is 1.85 bits per heavy atom. The van der Waals surface area contributed by atoms with Crippen molar-refractivity contribution in [1.82, 2.24) is 15.3 Å². The van der Waals surface area contributed by atoms with Gasteiger partial charge in [0, 0.05) is 23.7 Å². The Morgan fingerprint density at radius 3 is 2.67 bits per heavy atom. The van der Waals surface area contributed by atoms with E-state index in [1.54, 1.807) is 12.1 Å². The van der Waals surface area contributed by atoms with Gasteiger partial charge in [0.25, 0.3) is 5.91 Å². The van der Waals surface area contributed by atoms with Gasteiger partial charge in [-0.05, 0) is 30.7 Å². The third-order valence-electron chi connectivity index (χ3n) is 4.09. The van der Waals surface area contributed by atoms with Crippen LogP contribution in [0.3, 0.4) is 0 Å². The van der Waals surface area contributed by atoms with Crippen molar-refractivity contribution in [3.8, 4) is 22.9 Å². The zero-order valence-electron chi connectivity index (χ0n) is 15.4. The molecule has 0 atom stereocenters. The lowest BCUT2D eigenvalue weighted by molar-refractivity contribution is 0.0953. The Hall–Kier alpha value is -3.21. The minimum atomic E-state index is -0.0669. The fourth-order valence-corrected chi connectivity index (χ4v) is 2.66. The normalized spacial score (nSPS) is 10.4. The van der Waals surface area contributed by atoms with E-state index in [1.807, 2.05) is 48.5 Å². The number of aromatic nitrogens is 2. The van der Waals surface area contributed by atoms with E-state index in [4.69, 9.17) is 4.74 Å². The number of nitrogens with zero attached hydrogens (tertiary/aromatic N) is 2. The maximum atomic E-state index is 12.3. The lowest BCUT2D eigenvalue weighted by Crippen LogP contribution is -2.24. The van der Waals surface area contributed by atoms with E-state index in [-0.39, 0.29) is 5.91 Å². The molecule has 3 aromatic rings. The molecular weight excluding hydrogens is 338 g/mol. The van der Waals surface area contributed by atoms with Crippen molar-refractivity contribution in [2.24, 2.45) is 0 Å². The maximum Gasteiger partial charge on any atom is 0.251 e. The first-order chi connectivity index (χ1) is 13.3. The highest BCUT2D eigenvalue weighted by Gasteiger charge is 2.09. The summed E-state index contributed by atoms with van der Waals surface area (Å²) >= 11 is 0. The molecule has 5 nitrogen and oxygen atoms in total. The van der Waals surface area contributed by atoms with Crippen molar-refractivity contribution in [3.63, 3.8) is 0 Å². The van der Waals surface area contributed by atoms with E-state index in [2.05, 4.69) is 22.2 Å². The molecule has 0 fully saturated rings. The van der Waals surface area contributed by atoms with Gasteiger partial charge in [-0.25, -0.2) is 9.97 Å². The summed E-state index contributed by atoms with van der Waals surface area (Å²) in [7, 11) is 0. The Labute approximate surface area is 159 Å². The van der Waals surface area contributed by atoms with Crippen LogP contribution in [-0.2, 0) is 0 Å². The molecule has 1 amide bonds. The number of hydrogen-bond donors (Lipinski definition) is 1. The molecule has 0 spiro atoms. The molecule has 1 aromatic heterocycles. The SMILES string of the molecule is CCCCCNC(=O)c1cccc(-c2cc(Oc3ccccc3)ncn2)c1. The second-order valence-electron chi connectivity index (χ2n) is 6.20. The third kappa shape index (κ3) is 5.38. The Morgan fingerprint density at radius 1 is 1.00 bits per heavy atom. The molecule has 2 aromatic carbocycles. The maximum absolute atomic E-state index is 12.3. The number of unbranched alkanes of at least 4 members (excludes halogenated alkanes) is 2. The standard InChI is InChI=1S/C22H23N3O2/c1-2-3-7-13-23-22(26)18-10-8-9-17(14-18)20-15-21(25-16-24-20)27-19-11-5-4-6-12-19/h4-6,8-12,14-16H,2-3,7,13H2,1H3,(H,23,26). The van der Waals surface area contributed by atoms with E-state index < -0.39 is 0 Å². The van der Waals surface area contributed by atoms with Crippen molar-refractivity contribution in [2.45, 2.75) is 26.2 Å². The van der Waals surface area contributed by atoms with E-state index in [0.29, 0.717) is 29.4 Å². The lowest BCUT2D eigenvalue weighted by Gasteiger charge is -2.08. The van der Waals surface area contributed by atoms with Gasteiger partial charge < -0.3 is 10.1 Å². The van der Waals surface area contributed by atoms with Gasteiger partial charge in [0.2, 0.25) is 5.88 Å². The molecule has 0 unspecified atom stereocenters. The molecule has 0 saturated carbocycles. The van der Waals surface area contributed by atoms with Crippen LogP contribution in [0.15, 0.2) is 67.0 Å². The van der Waals surface area contributed by atoms with Crippen molar-refractivity contribution >= 4 is 5.91 Å². The average Bonchev–Trinajstić information content (AvgIpc) is 2.72. The molecule has 5 heteroatoms. The van der Waals surface area contributed by atoms with Gasteiger partial charge in [-0.2, -0.15) is 0 Å². The van der Waals surface area contributed by atoms with E-state index in [9.17, 15) is 4.79 Å². The number of nitrogens with one attached hydrogen (secondary N) is 1. The first kappa shape index (κ1) is 18.6. The molecule has 1 N–H and O–H groups in total. The summed E-state index contributed by atoms with van der Waals surface area (Å²) in [4.78, 5) is 20.8. The molecule has 1 heterocycles. The van der Waals surface area contributed by atoms with Crippen LogP contribution in [0.4, 0.5) is 0 Å². The Kier molecular flexibility index (Phi) is 6.52. The van der Waals surface area contributed by atoms with Gasteiger partial charge in [0.1, 0.15) is 12.1 Å². The summed E-state index contributed by atoms with van der Waals surface area (Å²) in [6.07, 6.45) is 4.71. The number of carbonyl (C=O) groups is 1. The van der Waals surface area contributed by atoms with Crippen LogP contribution in [0, 0.1) is 0 Å². The van der Waals surface area contributed by atoms with Crippen molar-refractivity contribution in [2.75, 3.05) is 6.54 Å². The van der Waals surface area contributed by atoms with Crippen molar-refractivity contribution in [3.05, 3.63) is 72.6 Å². The van der Waals surface area contributed by atoms with Crippen LogP contribution < -0.4 is 10.1 Å². The number of para-hydroxylation sites is 1. The van der Waals surface area contributed by atoms with Gasteiger partial charge in [-0.3, -0.25) is 4.79 Å². The molecular formula is C22H23N3O2. The summed E-state index contributed by atoms with van der Waals surface area (Å²) in [5.41, 5.74) is 2.17. The average molecular weight is 361 g/mol. The fourth-order valence-electron chi connectivity index (χ4n) is 2.66. The van der Waals surface area contributed by atoms with Gasteiger partial charge in [-0.15, -0.1) is 0 Å². The van der Waals surface area contributed by atoms with E-state index in [0.717, 1.165) is 24.8 Å². The summed E-state index contributed by atoms with van der Waals surface area (Å²) in [6, 6.07) is 18.7. The highest BCUT2D eigenvalue weighted by Crippen LogP contribution is 2.24. The predicted molar refractivity (Wildman–Crippen MR) is 106 cm³/mol. The highest BCUT2D eigenvalue weighted by molar-refractivity contribution is 5.95. The third-order valence-corrected chi connectivity index (χ3v) is 4.09. The minimum Gasteiger partial charge on any atom is -0.439 e. The van der Waals surface area contributed by atoms with Crippen LogP contribution in [0.25, 0.3) is 11.3 Å². The first-order valence-corrected chi connectivity index (χ1v) is 9.20. The summed E-state index contributed by atoms with van der Waals surface area (Å²) in [6.45, 7) is 2.84. The smallest absolute Gasteiger partial charge is 0.251 e. The molecule has 0 aliphatic rings. The lowest BCUT2D eigenvalue weighted by atomic mass is 10.1. The summed E-state index contributed by atoms with van der Waals surface area (Å²) in [5.74, 6) is 1.10. The number of carbonyl (C=O) groups excluding carboxylic acids is 1. The number of hydrogen-bond acceptors (Lipinski definition) is 4. The minimum absolute atomic E-state index is 0.0669. The second kappa shape index (κ2) is 9.48. The summed E-state index contributed by atoms with van der Waals surface area (Å²) in [5, 5.41) is 2.96. The first-order valence-electron chi connectivity index (χ1n) is 9.20. The van der Waals surface area contributed by atoms with Crippen LogP contribution in [0.5, 0.6) is 11.6 Å². The second-order valence-corrected chi connectivity index (χ2v) is 6.20. The predicted octanol–water partition coefficient (Wildman–Crippen LogP) is 4.86. The van der Waals surface area contributed by atoms with Gasteiger partial charge in [0.15, 0.2) is 0 Å². The van der Waals surface area contributed by atoms with E-state index >= 15 is 0 Å². The van der Waals surface area contributed by atoms with Crippen LogP contribution in [0.2, 0.25) is 0 Å². The van der Waals surface area contributed by atoms with Crippen molar-refractivity contribution in [1.29, 1.82) is 0 Å².